The number of hydrogen-bond acceptors (Lipinski definition) is 2. The van der Waals surface area contributed by atoms with Crippen LogP contribution in [0.15, 0.2) is 25.3 Å². The Labute approximate surface area is 100 Å². The van der Waals surface area contributed by atoms with Crippen LogP contribution in [0.2, 0.25) is 0 Å². The Kier molecular flexibility index (Phi) is 7.19. The summed E-state index contributed by atoms with van der Waals surface area (Å²) in [6.45, 7) is 13.2. The van der Waals surface area contributed by atoms with Gasteiger partial charge in [0.25, 0.3) is 0 Å². The highest BCUT2D eigenvalue weighted by Crippen LogP contribution is 2.15. The second kappa shape index (κ2) is 8.54. The van der Waals surface area contributed by atoms with Gasteiger partial charge in [-0.05, 0) is 51.2 Å². The lowest BCUT2D eigenvalue weighted by molar-refractivity contribution is 0.292. The smallest absolute Gasteiger partial charge is 0.0163 e. The second-order valence-electron chi connectivity index (χ2n) is 4.69. The summed E-state index contributed by atoms with van der Waals surface area (Å²) < 4.78 is 0. The Morgan fingerprint density at radius 3 is 2.56 bits per heavy atom. The summed E-state index contributed by atoms with van der Waals surface area (Å²) in [5.74, 6) is 0.906. The van der Waals surface area contributed by atoms with Gasteiger partial charge in [0.1, 0.15) is 0 Å². The molecule has 0 spiro atoms. The molecule has 1 saturated heterocycles. The molecule has 0 radical (unpaired) electrons. The van der Waals surface area contributed by atoms with Gasteiger partial charge in [-0.1, -0.05) is 12.2 Å². The van der Waals surface area contributed by atoms with E-state index in [1.165, 1.54) is 45.3 Å². The summed E-state index contributed by atoms with van der Waals surface area (Å²) in [5.41, 5.74) is 0. The molecule has 2 nitrogen and oxygen atoms in total. The fourth-order valence-corrected chi connectivity index (χ4v) is 2.40. The largest absolute Gasteiger partial charge is 0.316 e. The number of piperidine rings is 1. The monoisotopic (exact) mass is 222 g/mol. The van der Waals surface area contributed by atoms with E-state index in [-0.39, 0.29) is 0 Å². The number of nitrogens with zero attached hydrogens (tertiary/aromatic N) is 1. The molecular formula is C14H26N2. The van der Waals surface area contributed by atoms with Crippen LogP contribution in [0.3, 0.4) is 0 Å². The Balaban J connectivity index is 2.10. The van der Waals surface area contributed by atoms with Gasteiger partial charge in [-0.2, -0.15) is 0 Å². The number of nitrogens with one attached hydrogen (secondary N) is 1. The first kappa shape index (κ1) is 13.5. The summed E-state index contributed by atoms with van der Waals surface area (Å²) in [6, 6.07) is 0. The van der Waals surface area contributed by atoms with Crippen LogP contribution in [0.25, 0.3) is 0 Å². The molecule has 1 aliphatic rings. The first-order chi connectivity index (χ1) is 7.86. The molecule has 0 amide bonds. The highest BCUT2D eigenvalue weighted by molar-refractivity contribution is 4.80. The molecule has 0 saturated carbocycles. The third-order valence-corrected chi connectivity index (χ3v) is 3.26. The summed E-state index contributed by atoms with van der Waals surface area (Å²) in [6.07, 6.45) is 9.38. The summed E-state index contributed by atoms with van der Waals surface area (Å²) >= 11 is 0. The first-order valence-corrected chi connectivity index (χ1v) is 6.51. The molecular weight excluding hydrogens is 196 g/mol. The average molecular weight is 222 g/mol. The molecule has 1 aliphatic heterocycles. The van der Waals surface area contributed by atoms with Crippen molar-refractivity contribution in [2.75, 3.05) is 32.7 Å². The Bertz CT molecular complexity index is 185. The van der Waals surface area contributed by atoms with Crippen LogP contribution in [-0.2, 0) is 0 Å². The molecule has 16 heavy (non-hydrogen) atoms. The standard InChI is InChI=1S/C14H26N2/c1-3-10-16(11-4-2)12-6-8-14-7-5-9-15-13-14/h3-4,14-15H,1-2,5-13H2. The molecule has 1 heterocycles. The van der Waals surface area contributed by atoms with Crippen LogP contribution >= 0.6 is 0 Å². The van der Waals surface area contributed by atoms with Gasteiger partial charge in [-0.15, -0.1) is 13.2 Å². The van der Waals surface area contributed by atoms with Crippen molar-refractivity contribution in [2.24, 2.45) is 5.92 Å². The predicted molar refractivity (Wildman–Crippen MR) is 71.7 cm³/mol. The van der Waals surface area contributed by atoms with Gasteiger partial charge in [0, 0.05) is 13.1 Å². The topological polar surface area (TPSA) is 15.3 Å². The van der Waals surface area contributed by atoms with Gasteiger partial charge < -0.3 is 5.32 Å². The molecule has 0 aromatic heterocycles. The van der Waals surface area contributed by atoms with Crippen LogP contribution in [0, 0.1) is 5.92 Å². The molecule has 1 rings (SSSR count). The lowest BCUT2D eigenvalue weighted by atomic mass is 9.94. The SMILES string of the molecule is C=CCN(CC=C)CCCC1CCCNC1. The van der Waals surface area contributed by atoms with Gasteiger partial charge in [0.15, 0.2) is 0 Å². The predicted octanol–water partition coefficient (Wildman–Crippen LogP) is 2.44. The zero-order valence-electron chi connectivity index (χ0n) is 10.5. The molecule has 1 fully saturated rings. The molecule has 0 aromatic rings. The minimum absolute atomic E-state index is 0.906. The van der Waals surface area contributed by atoms with Crippen molar-refractivity contribution in [3.8, 4) is 0 Å². The van der Waals surface area contributed by atoms with Gasteiger partial charge in [-0.25, -0.2) is 0 Å². The fourth-order valence-electron chi connectivity index (χ4n) is 2.40. The third-order valence-electron chi connectivity index (χ3n) is 3.26. The third kappa shape index (κ3) is 5.47. The van der Waals surface area contributed by atoms with Crippen molar-refractivity contribution < 1.29 is 0 Å². The van der Waals surface area contributed by atoms with E-state index in [1.54, 1.807) is 0 Å². The van der Waals surface area contributed by atoms with Crippen molar-refractivity contribution in [3.05, 3.63) is 25.3 Å². The minimum Gasteiger partial charge on any atom is -0.316 e. The van der Waals surface area contributed by atoms with Crippen molar-refractivity contribution in [1.29, 1.82) is 0 Å². The molecule has 92 valence electrons. The van der Waals surface area contributed by atoms with E-state index in [4.69, 9.17) is 0 Å². The number of hydrogen-bond donors (Lipinski definition) is 1. The van der Waals surface area contributed by atoms with E-state index in [1.807, 2.05) is 12.2 Å². The summed E-state index contributed by atoms with van der Waals surface area (Å²) in [5, 5.41) is 3.48. The Morgan fingerprint density at radius 1 is 1.25 bits per heavy atom. The summed E-state index contributed by atoms with van der Waals surface area (Å²) in [7, 11) is 0. The van der Waals surface area contributed by atoms with Crippen LogP contribution in [0.4, 0.5) is 0 Å². The van der Waals surface area contributed by atoms with E-state index in [0.717, 1.165) is 19.0 Å². The maximum absolute atomic E-state index is 3.79. The second-order valence-corrected chi connectivity index (χ2v) is 4.69. The van der Waals surface area contributed by atoms with Crippen LogP contribution in [-0.4, -0.2) is 37.6 Å². The van der Waals surface area contributed by atoms with Crippen molar-refractivity contribution in [3.63, 3.8) is 0 Å². The highest BCUT2D eigenvalue weighted by Gasteiger charge is 2.12. The highest BCUT2D eigenvalue weighted by atomic mass is 15.1. The van der Waals surface area contributed by atoms with E-state index >= 15 is 0 Å². The molecule has 0 aliphatic carbocycles. The molecule has 1 unspecified atom stereocenters. The lowest BCUT2D eigenvalue weighted by Crippen LogP contribution is -2.31. The fraction of sp³-hybridized carbons (Fsp3) is 0.714. The van der Waals surface area contributed by atoms with Gasteiger partial charge in [0.2, 0.25) is 0 Å². The van der Waals surface area contributed by atoms with Crippen LogP contribution in [0.1, 0.15) is 25.7 Å². The van der Waals surface area contributed by atoms with Gasteiger partial charge >= 0.3 is 0 Å². The van der Waals surface area contributed by atoms with Gasteiger partial charge in [0.05, 0.1) is 0 Å². The van der Waals surface area contributed by atoms with Crippen molar-refractivity contribution in [1.82, 2.24) is 10.2 Å². The Morgan fingerprint density at radius 2 is 2.00 bits per heavy atom. The van der Waals surface area contributed by atoms with Crippen LogP contribution < -0.4 is 5.32 Å². The molecule has 0 aromatic carbocycles. The molecule has 0 bridgehead atoms. The Hall–Kier alpha value is -0.600. The van der Waals surface area contributed by atoms with Crippen molar-refractivity contribution >= 4 is 0 Å². The molecule has 1 N–H and O–H groups in total. The van der Waals surface area contributed by atoms with E-state index in [2.05, 4.69) is 23.4 Å². The van der Waals surface area contributed by atoms with Gasteiger partial charge in [-0.3, -0.25) is 4.90 Å². The summed E-state index contributed by atoms with van der Waals surface area (Å²) in [4.78, 5) is 2.40. The average Bonchev–Trinajstić information content (AvgIpc) is 2.31. The first-order valence-electron chi connectivity index (χ1n) is 6.51. The quantitative estimate of drug-likeness (QED) is 0.635. The number of rotatable bonds is 8. The maximum Gasteiger partial charge on any atom is 0.0163 e. The molecule has 1 atom stereocenters. The van der Waals surface area contributed by atoms with E-state index in [0.29, 0.717) is 0 Å². The zero-order valence-corrected chi connectivity index (χ0v) is 10.5. The molecule has 2 heteroatoms. The van der Waals surface area contributed by atoms with Crippen LogP contribution in [0.5, 0.6) is 0 Å². The lowest BCUT2D eigenvalue weighted by Gasteiger charge is -2.24. The normalized spacial score (nSPS) is 20.9. The maximum atomic E-state index is 3.79. The zero-order chi connectivity index (χ0) is 11.6. The van der Waals surface area contributed by atoms with E-state index < -0.39 is 0 Å². The van der Waals surface area contributed by atoms with Crippen molar-refractivity contribution in [2.45, 2.75) is 25.7 Å². The van der Waals surface area contributed by atoms with E-state index in [9.17, 15) is 0 Å². The minimum atomic E-state index is 0.906.